The summed E-state index contributed by atoms with van der Waals surface area (Å²) in [7, 11) is 0. The van der Waals surface area contributed by atoms with Crippen LogP contribution >= 0.6 is 0 Å². The SMILES string of the molecule is CCNC(=O)c1ccc(N)c(NC(C)Cn2ccnc2)c1. The summed E-state index contributed by atoms with van der Waals surface area (Å²) in [6.07, 6.45) is 5.43. The van der Waals surface area contributed by atoms with Crippen molar-refractivity contribution in [1.29, 1.82) is 0 Å². The molecule has 0 aliphatic carbocycles. The molecule has 0 bridgehead atoms. The molecule has 0 aliphatic heterocycles. The zero-order chi connectivity index (χ0) is 15.2. The lowest BCUT2D eigenvalue weighted by atomic mass is 10.1. The van der Waals surface area contributed by atoms with Gasteiger partial charge < -0.3 is 20.9 Å². The molecule has 0 fully saturated rings. The molecular formula is C15H21N5O. The van der Waals surface area contributed by atoms with Gasteiger partial charge in [0.15, 0.2) is 0 Å². The highest BCUT2D eigenvalue weighted by Crippen LogP contribution is 2.21. The quantitative estimate of drug-likeness (QED) is 0.706. The van der Waals surface area contributed by atoms with Crippen LogP contribution in [0.15, 0.2) is 36.9 Å². The lowest BCUT2D eigenvalue weighted by Gasteiger charge is -2.18. The summed E-state index contributed by atoms with van der Waals surface area (Å²) in [6.45, 7) is 5.31. The predicted molar refractivity (Wildman–Crippen MR) is 84.2 cm³/mol. The van der Waals surface area contributed by atoms with Crippen LogP contribution in [0, 0.1) is 0 Å². The molecule has 1 aromatic heterocycles. The van der Waals surface area contributed by atoms with Crippen LogP contribution in [0.2, 0.25) is 0 Å². The molecule has 1 atom stereocenters. The van der Waals surface area contributed by atoms with E-state index in [2.05, 4.69) is 22.5 Å². The Morgan fingerprint density at radius 2 is 2.29 bits per heavy atom. The lowest BCUT2D eigenvalue weighted by molar-refractivity contribution is 0.0956. The molecule has 1 heterocycles. The molecule has 0 radical (unpaired) electrons. The first-order chi connectivity index (χ1) is 10.1. The van der Waals surface area contributed by atoms with Gasteiger partial charge in [0, 0.05) is 37.1 Å². The van der Waals surface area contributed by atoms with Crippen molar-refractivity contribution in [3.8, 4) is 0 Å². The van der Waals surface area contributed by atoms with Crippen molar-refractivity contribution in [1.82, 2.24) is 14.9 Å². The van der Waals surface area contributed by atoms with Gasteiger partial charge in [0.1, 0.15) is 0 Å². The summed E-state index contributed by atoms with van der Waals surface area (Å²) in [5, 5.41) is 6.11. The molecular weight excluding hydrogens is 266 g/mol. The summed E-state index contributed by atoms with van der Waals surface area (Å²) >= 11 is 0. The smallest absolute Gasteiger partial charge is 0.251 e. The normalized spacial score (nSPS) is 11.9. The molecule has 0 saturated heterocycles. The van der Waals surface area contributed by atoms with Crippen LogP contribution in [0.25, 0.3) is 0 Å². The molecule has 0 spiro atoms. The molecule has 0 saturated carbocycles. The fourth-order valence-corrected chi connectivity index (χ4v) is 2.11. The maximum atomic E-state index is 11.9. The van der Waals surface area contributed by atoms with E-state index in [0.29, 0.717) is 17.8 Å². The van der Waals surface area contributed by atoms with E-state index in [4.69, 9.17) is 5.73 Å². The molecule has 112 valence electrons. The Labute approximate surface area is 124 Å². The van der Waals surface area contributed by atoms with Gasteiger partial charge in [-0.05, 0) is 32.0 Å². The maximum Gasteiger partial charge on any atom is 0.251 e. The van der Waals surface area contributed by atoms with Gasteiger partial charge >= 0.3 is 0 Å². The van der Waals surface area contributed by atoms with Gasteiger partial charge in [-0.3, -0.25) is 4.79 Å². The van der Waals surface area contributed by atoms with E-state index in [1.165, 1.54) is 0 Å². The van der Waals surface area contributed by atoms with Gasteiger partial charge in [-0.1, -0.05) is 0 Å². The number of hydrogen-bond acceptors (Lipinski definition) is 4. The third kappa shape index (κ3) is 3.98. The number of aromatic nitrogens is 2. The van der Waals surface area contributed by atoms with Crippen molar-refractivity contribution >= 4 is 17.3 Å². The van der Waals surface area contributed by atoms with Crippen molar-refractivity contribution in [2.24, 2.45) is 0 Å². The average Bonchev–Trinajstić information content (AvgIpc) is 2.94. The molecule has 2 rings (SSSR count). The van der Waals surface area contributed by atoms with Crippen LogP contribution in [0.5, 0.6) is 0 Å². The van der Waals surface area contributed by atoms with Crippen molar-refractivity contribution in [2.75, 3.05) is 17.6 Å². The highest BCUT2D eigenvalue weighted by atomic mass is 16.1. The van der Waals surface area contributed by atoms with Crippen LogP contribution < -0.4 is 16.4 Å². The van der Waals surface area contributed by atoms with E-state index in [1.54, 1.807) is 30.7 Å². The minimum atomic E-state index is -0.0946. The minimum Gasteiger partial charge on any atom is -0.397 e. The predicted octanol–water partition coefficient (Wildman–Crippen LogP) is 1.72. The Morgan fingerprint density at radius 3 is 2.95 bits per heavy atom. The first-order valence-corrected chi connectivity index (χ1v) is 7.00. The molecule has 4 N–H and O–H groups in total. The second-order valence-corrected chi connectivity index (χ2v) is 4.97. The molecule has 6 nitrogen and oxygen atoms in total. The highest BCUT2D eigenvalue weighted by Gasteiger charge is 2.10. The van der Waals surface area contributed by atoms with E-state index in [0.717, 1.165) is 12.2 Å². The second-order valence-electron chi connectivity index (χ2n) is 4.97. The van der Waals surface area contributed by atoms with Crippen molar-refractivity contribution < 1.29 is 4.79 Å². The summed E-state index contributed by atoms with van der Waals surface area (Å²) < 4.78 is 1.99. The number of nitrogens with two attached hydrogens (primary N) is 1. The maximum absolute atomic E-state index is 11.9. The Bertz CT molecular complexity index is 594. The van der Waals surface area contributed by atoms with Crippen molar-refractivity contribution in [3.63, 3.8) is 0 Å². The van der Waals surface area contributed by atoms with E-state index in [1.807, 2.05) is 17.7 Å². The molecule has 1 unspecified atom stereocenters. The zero-order valence-electron chi connectivity index (χ0n) is 12.3. The number of nitrogen functional groups attached to an aromatic ring is 1. The number of benzene rings is 1. The lowest BCUT2D eigenvalue weighted by Crippen LogP contribution is -2.24. The Kier molecular flexibility index (Phi) is 4.81. The third-order valence-corrected chi connectivity index (χ3v) is 3.10. The fourth-order valence-electron chi connectivity index (χ4n) is 2.11. The summed E-state index contributed by atoms with van der Waals surface area (Å²) in [6, 6.07) is 5.42. The standard InChI is InChI=1S/C15H21N5O/c1-3-18-15(21)12-4-5-13(16)14(8-12)19-11(2)9-20-7-6-17-10-20/h4-8,10-11,19H,3,9,16H2,1-2H3,(H,18,21). The number of nitrogens with one attached hydrogen (secondary N) is 2. The van der Waals surface area contributed by atoms with E-state index in [-0.39, 0.29) is 11.9 Å². The number of carbonyl (C=O) groups is 1. The highest BCUT2D eigenvalue weighted by molar-refractivity contribution is 5.96. The Hall–Kier alpha value is -2.50. The molecule has 1 aromatic carbocycles. The van der Waals surface area contributed by atoms with Crippen LogP contribution in [0.3, 0.4) is 0 Å². The molecule has 2 aromatic rings. The number of hydrogen-bond donors (Lipinski definition) is 3. The largest absolute Gasteiger partial charge is 0.397 e. The third-order valence-electron chi connectivity index (χ3n) is 3.10. The second kappa shape index (κ2) is 6.78. The van der Waals surface area contributed by atoms with E-state index in [9.17, 15) is 4.79 Å². The van der Waals surface area contributed by atoms with Gasteiger partial charge in [0.2, 0.25) is 0 Å². The van der Waals surface area contributed by atoms with Crippen molar-refractivity contribution in [3.05, 3.63) is 42.5 Å². The number of imidazole rings is 1. The number of amides is 1. The van der Waals surface area contributed by atoms with Crippen LogP contribution in [-0.4, -0.2) is 28.0 Å². The fraction of sp³-hybridized carbons (Fsp3) is 0.333. The van der Waals surface area contributed by atoms with Gasteiger partial charge in [-0.2, -0.15) is 0 Å². The van der Waals surface area contributed by atoms with Gasteiger partial charge in [0.05, 0.1) is 17.7 Å². The van der Waals surface area contributed by atoms with Gasteiger partial charge in [0.25, 0.3) is 5.91 Å². The van der Waals surface area contributed by atoms with Crippen LogP contribution in [0.4, 0.5) is 11.4 Å². The number of anilines is 2. The summed E-state index contributed by atoms with van der Waals surface area (Å²) in [4.78, 5) is 15.9. The van der Waals surface area contributed by atoms with Gasteiger partial charge in [-0.25, -0.2) is 4.98 Å². The molecule has 1 amide bonds. The number of carbonyl (C=O) groups excluding carboxylic acids is 1. The van der Waals surface area contributed by atoms with Gasteiger partial charge in [-0.15, -0.1) is 0 Å². The zero-order valence-corrected chi connectivity index (χ0v) is 12.3. The Morgan fingerprint density at radius 1 is 1.48 bits per heavy atom. The summed E-state index contributed by atoms with van der Waals surface area (Å²) in [5.74, 6) is -0.0946. The van der Waals surface area contributed by atoms with Crippen molar-refractivity contribution in [2.45, 2.75) is 26.4 Å². The summed E-state index contributed by atoms with van der Waals surface area (Å²) in [5.41, 5.74) is 7.97. The number of nitrogens with zero attached hydrogens (tertiary/aromatic N) is 2. The minimum absolute atomic E-state index is 0.0946. The Balaban J connectivity index is 2.07. The molecule has 6 heteroatoms. The molecule has 0 aliphatic rings. The monoisotopic (exact) mass is 287 g/mol. The molecule has 21 heavy (non-hydrogen) atoms. The average molecular weight is 287 g/mol. The van der Waals surface area contributed by atoms with E-state index < -0.39 is 0 Å². The van der Waals surface area contributed by atoms with Crippen LogP contribution in [0.1, 0.15) is 24.2 Å². The van der Waals surface area contributed by atoms with E-state index >= 15 is 0 Å². The van der Waals surface area contributed by atoms with Crippen LogP contribution in [-0.2, 0) is 6.54 Å². The number of rotatable bonds is 6. The first kappa shape index (κ1) is 14.9. The first-order valence-electron chi connectivity index (χ1n) is 7.00. The topological polar surface area (TPSA) is 85.0 Å².